The number of nitrogens with one attached hydrogen (secondary N) is 1. The molecule has 3 rings (SSSR count). The minimum absolute atomic E-state index is 0.0853. The zero-order valence-electron chi connectivity index (χ0n) is 16.3. The Bertz CT molecular complexity index is 878. The molecule has 0 aromatic heterocycles. The molecule has 1 saturated heterocycles. The van der Waals surface area contributed by atoms with Crippen LogP contribution in [0.4, 0.5) is 5.69 Å². The van der Waals surface area contributed by atoms with Gasteiger partial charge in [0.05, 0.1) is 18.5 Å². The Labute approximate surface area is 169 Å². The molecule has 8 heteroatoms. The Morgan fingerprint density at radius 3 is 2.69 bits per heavy atom. The number of nitro benzene ring substituents is 1. The molecule has 0 radical (unpaired) electrons. The topological polar surface area (TPSA) is 105 Å². The molecule has 0 bridgehead atoms. The number of nitrogens with zero attached hydrogens (tertiary/aromatic N) is 2. The van der Waals surface area contributed by atoms with Crippen LogP contribution in [0.5, 0.6) is 11.5 Å². The summed E-state index contributed by atoms with van der Waals surface area (Å²) in [4.78, 5) is 24.8. The second-order valence-corrected chi connectivity index (χ2v) is 7.10. The van der Waals surface area contributed by atoms with E-state index in [2.05, 4.69) is 5.32 Å². The maximum absolute atomic E-state index is 12.6. The van der Waals surface area contributed by atoms with E-state index in [9.17, 15) is 20.0 Å². The standard InChI is InChI=1S/C21H25N3O5/c1-29-20-5-3-2-4-16(20)13-21(26)23-10-8-17(9-11-23)22-14-15-6-7-19(25)18(12-15)24(27)28/h2-7,12,17,22,25H,8-11,13-14H2,1H3. The first-order valence-corrected chi connectivity index (χ1v) is 9.57. The van der Waals surface area contributed by atoms with E-state index in [1.54, 1.807) is 13.2 Å². The molecule has 1 aliphatic heterocycles. The number of likely N-dealkylation sites (tertiary alicyclic amines) is 1. The number of hydrogen-bond donors (Lipinski definition) is 2. The van der Waals surface area contributed by atoms with Gasteiger partial charge in [-0.1, -0.05) is 24.3 Å². The molecule has 1 aliphatic rings. The van der Waals surface area contributed by atoms with Crippen LogP contribution < -0.4 is 10.1 Å². The van der Waals surface area contributed by atoms with Crippen molar-refractivity contribution in [2.75, 3.05) is 20.2 Å². The van der Waals surface area contributed by atoms with Crippen LogP contribution in [0.2, 0.25) is 0 Å². The number of rotatable bonds is 7. The summed E-state index contributed by atoms with van der Waals surface area (Å²) in [6, 6.07) is 12.2. The molecule has 0 aliphatic carbocycles. The maximum Gasteiger partial charge on any atom is 0.311 e. The first kappa shape index (κ1) is 20.6. The van der Waals surface area contributed by atoms with Gasteiger partial charge >= 0.3 is 5.69 Å². The molecule has 0 unspecified atom stereocenters. The maximum atomic E-state index is 12.6. The van der Waals surface area contributed by atoms with Crippen LogP contribution >= 0.6 is 0 Å². The molecule has 154 valence electrons. The fourth-order valence-electron chi connectivity index (χ4n) is 3.54. The summed E-state index contributed by atoms with van der Waals surface area (Å²) in [5, 5.41) is 23.9. The van der Waals surface area contributed by atoms with E-state index in [0.717, 1.165) is 29.7 Å². The van der Waals surface area contributed by atoms with E-state index in [-0.39, 0.29) is 23.4 Å². The van der Waals surface area contributed by atoms with Gasteiger partial charge in [-0.15, -0.1) is 0 Å². The van der Waals surface area contributed by atoms with Crippen molar-refractivity contribution in [3.8, 4) is 11.5 Å². The molecule has 2 N–H and O–H groups in total. The first-order chi connectivity index (χ1) is 14.0. The Kier molecular flexibility index (Phi) is 6.66. The fourth-order valence-corrected chi connectivity index (χ4v) is 3.54. The van der Waals surface area contributed by atoms with E-state index >= 15 is 0 Å². The van der Waals surface area contributed by atoms with E-state index in [4.69, 9.17) is 4.74 Å². The SMILES string of the molecule is COc1ccccc1CC(=O)N1CCC(NCc2ccc(O)c([N+](=O)[O-])c2)CC1. The highest BCUT2D eigenvalue weighted by atomic mass is 16.6. The monoisotopic (exact) mass is 399 g/mol. The van der Waals surface area contributed by atoms with E-state index < -0.39 is 4.92 Å². The lowest BCUT2D eigenvalue weighted by Gasteiger charge is -2.32. The van der Waals surface area contributed by atoms with Crippen LogP contribution in [0.15, 0.2) is 42.5 Å². The molecule has 0 spiro atoms. The number of methoxy groups -OCH3 is 1. The van der Waals surface area contributed by atoms with E-state index in [0.29, 0.717) is 26.1 Å². The summed E-state index contributed by atoms with van der Waals surface area (Å²) >= 11 is 0. The van der Waals surface area contributed by atoms with Crippen molar-refractivity contribution >= 4 is 11.6 Å². The fraction of sp³-hybridized carbons (Fsp3) is 0.381. The summed E-state index contributed by atoms with van der Waals surface area (Å²) in [5.74, 6) is 0.475. The lowest BCUT2D eigenvalue weighted by Crippen LogP contribution is -2.45. The molecule has 8 nitrogen and oxygen atoms in total. The second kappa shape index (κ2) is 9.38. The summed E-state index contributed by atoms with van der Waals surface area (Å²) < 4.78 is 5.32. The van der Waals surface area contributed by atoms with Crippen molar-refractivity contribution < 1.29 is 19.6 Å². The highest BCUT2D eigenvalue weighted by Gasteiger charge is 2.23. The number of carbonyl (C=O) groups is 1. The highest BCUT2D eigenvalue weighted by molar-refractivity contribution is 5.79. The van der Waals surface area contributed by atoms with E-state index in [1.165, 1.54) is 12.1 Å². The van der Waals surface area contributed by atoms with Crippen molar-refractivity contribution in [3.63, 3.8) is 0 Å². The predicted octanol–water partition coefficient (Wildman–Crippen LogP) is 2.63. The molecule has 2 aromatic rings. The summed E-state index contributed by atoms with van der Waals surface area (Å²) in [7, 11) is 1.60. The number of carbonyl (C=O) groups excluding carboxylic acids is 1. The minimum Gasteiger partial charge on any atom is -0.502 e. The first-order valence-electron chi connectivity index (χ1n) is 9.57. The number of piperidine rings is 1. The van der Waals surface area contributed by atoms with Crippen LogP contribution in [0.3, 0.4) is 0 Å². The molecule has 1 fully saturated rings. The molecular weight excluding hydrogens is 374 g/mol. The Morgan fingerprint density at radius 1 is 1.28 bits per heavy atom. The van der Waals surface area contributed by atoms with Crippen molar-refractivity contribution in [1.29, 1.82) is 0 Å². The van der Waals surface area contributed by atoms with Crippen LogP contribution in [0.25, 0.3) is 0 Å². The third kappa shape index (κ3) is 5.23. The number of hydrogen-bond acceptors (Lipinski definition) is 6. The van der Waals surface area contributed by atoms with Gasteiger partial charge in [-0.2, -0.15) is 0 Å². The summed E-state index contributed by atoms with van der Waals surface area (Å²) in [6.45, 7) is 1.81. The number of ether oxygens (including phenoxy) is 1. The minimum atomic E-state index is -0.593. The zero-order chi connectivity index (χ0) is 20.8. The number of phenolic OH excluding ortho intramolecular Hbond substituents is 1. The number of para-hydroxylation sites is 1. The van der Waals surface area contributed by atoms with Gasteiger partial charge in [-0.25, -0.2) is 0 Å². The van der Waals surface area contributed by atoms with Crippen LogP contribution in [0, 0.1) is 10.1 Å². The molecule has 0 saturated carbocycles. The van der Waals surface area contributed by atoms with Gasteiger partial charge in [0.1, 0.15) is 5.75 Å². The Morgan fingerprint density at radius 2 is 2.00 bits per heavy atom. The summed E-state index contributed by atoms with van der Waals surface area (Å²) in [5.41, 5.74) is 1.33. The highest BCUT2D eigenvalue weighted by Crippen LogP contribution is 2.26. The number of phenols is 1. The zero-order valence-corrected chi connectivity index (χ0v) is 16.3. The van der Waals surface area contributed by atoms with Gasteiger partial charge < -0.3 is 20.1 Å². The molecule has 0 atom stereocenters. The third-order valence-corrected chi connectivity index (χ3v) is 5.21. The predicted molar refractivity (Wildman–Crippen MR) is 108 cm³/mol. The number of aromatic hydroxyl groups is 1. The van der Waals surface area contributed by atoms with E-state index in [1.807, 2.05) is 29.2 Å². The van der Waals surface area contributed by atoms with Crippen LogP contribution in [-0.4, -0.2) is 47.1 Å². The molecule has 2 aromatic carbocycles. The lowest BCUT2D eigenvalue weighted by molar-refractivity contribution is -0.385. The third-order valence-electron chi connectivity index (χ3n) is 5.21. The number of benzene rings is 2. The van der Waals surface area contributed by atoms with Gasteiger partial charge in [0.25, 0.3) is 0 Å². The smallest absolute Gasteiger partial charge is 0.311 e. The Hall–Kier alpha value is -3.13. The van der Waals surface area contributed by atoms with Crippen molar-refractivity contribution in [2.45, 2.75) is 31.8 Å². The van der Waals surface area contributed by atoms with Crippen molar-refractivity contribution in [1.82, 2.24) is 10.2 Å². The average molecular weight is 399 g/mol. The lowest BCUT2D eigenvalue weighted by atomic mass is 10.0. The Balaban J connectivity index is 1.48. The quantitative estimate of drug-likeness (QED) is 0.548. The van der Waals surface area contributed by atoms with Crippen LogP contribution in [-0.2, 0) is 17.8 Å². The van der Waals surface area contributed by atoms with Gasteiger partial charge in [0, 0.05) is 37.3 Å². The normalized spacial score (nSPS) is 14.6. The van der Waals surface area contributed by atoms with Crippen molar-refractivity contribution in [2.24, 2.45) is 0 Å². The molecule has 29 heavy (non-hydrogen) atoms. The van der Waals surface area contributed by atoms with Gasteiger partial charge in [0.15, 0.2) is 5.75 Å². The number of amides is 1. The van der Waals surface area contributed by atoms with Crippen LogP contribution in [0.1, 0.15) is 24.0 Å². The molecule has 1 amide bonds. The largest absolute Gasteiger partial charge is 0.502 e. The van der Waals surface area contributed by atoms with Gasteiger partial charge in [-0.05, 0) is 30.5 Å². The average Bonchev–Trinajstić information content (AvgIpc) is 2.73. The van der Waals surface area contributed by atoms with Gasteiger partial charge in [-0.3, -0.25) is 14.9 Å². The second-order valence-electron chi connectivity index (χ2n) is 7.10. The van der Waals surface area contributed by atoms with Crippen molar-refractivity contribution in [3.05, 3.63) is 63.7 Å². The number of nitro groups is 1. The summed E-state index contributed by atoms with van der Waals surface area (Å²) in [6.07, 6.45) is 1.95. The molecule has 1 heterocycles. The van der Waals surface area contributed by atoms with Gasteiger partial charge in [0.2, 0.25) is 5.91 Å². The molecular formula is C21H25N3O5.